The predicted octanol–water partition coefficient (Wildman–Crippen LogP) is 3.69. The maximum atomic E-state index is 11.9. The van der Waals surface area contributed by atoms with Crippen LogP contribution in [-0.4, -0.2) is 24.3 Å². The summed E-state index contributed by atoms with van der Waals surface area (Å²) in [7, 11) is 0. The molecule has 2 rings (SSSR count). The van der Waals surface area contributed by atoms with Crippen LogP contribution in [0.1, 0.15) is 53.5 Å². The molecule has 6 heteroatoms. The van der Waals surface area contributed by atoms with Gasteiger partial charge in [-0.3, -0.25) is 14.4 Å². The Kier molecular flexibility index (Phi) is 7.53. The molecule has 1 aromatic heterocycles. The second-order valence-corrected chi connectivity index (χ2v) is 6.89. The molecule has 0 aliphatic heterocycles. The minimum Gasteiger partial charge on any atom is -0.456 e. The molecule has 0 spiro atoms. The minimum atomic E-state index is -0.551. The number of aryl methyl sites for hydroxylation is 1. The van der Waals surface area contributed by atoms with Gasteiger partial charge in [0.2, 0.25) is 0 Å². The zero-order chi connectivity index (χ0) is 18.9. The number of thiophene rings is 1. The minimum absolute atomic E-state index is 0.0297. The number of hydrogen-bond acceptors (Lipinski definition) is 5. The van der Waals surface area contributed by atoms with Gasteiger partial charge in [0.1, 0.15) is 0 Å². The third-order valence-electron chi connectivity index (χ3n) is 3.98. The van der Waals surface area contributed by atoms with Crippen LogP contribution in [0.4, 0.5) is 0 Å². The van der Waals surface area contributed by atoms with E-state index in [0.717, 1.165) is 12.0 Å². The summed E-state index contributed by atoms with van der Waals surface area (Å²) in [6, 6.07) is 11.4. The number of carbonyl (C=O) groups excluding carboxylic acids is 3. The summed E-state index contributed by atoms with van der Waals surface area (Å²) in [4.78, 5) is 36.1. The predicted molar refractivity (Wildman–Crippen MR) is 101 cm³/mol. The number of ether oxygens (including phenoxy) is 1. The first-order valence-electron chi connectivity index (χ1n) is 8.60. The maximum Gasteiger partial charge on any atom is 0.306 e. The zero-order valence-electron chi connectivity index (χ0n) is 15.0. The highest BCUT2D eigenvalue weighted by Crippen LogP contribution is 2.14. The molecule has 2 aromatic rings. The SMILES string of the molecule is CCc1ccc([C@@H](C)NC(=O)COC(=O)CCC(=O)c2cccs2)cc1. The standard InChI is InChI=1S/C20H23NO4S/c1-3-15-6-8-16(9-7-15)14(2)21-19(23)13-25-20(24)11-10-17(22)18-5-4-12-26-18/h4-9,12,14H,3,10-11,13H2,1-2H3,(H,21,23)/t14-/m1/s1. The van der Waals surface area contributed by atoms with Crippen molar-refractivity contribution in [2.24, 2.45) is 0 Å². The van der Waals surface area contributed by atoms with Gasteiger partial charge in [0, 0.05) is 6.42 Å². The average Bonchev–Trinajstić information content (AvgIpc) is 3.19. The van der Waals surface area contributed by atoms with Crippen LogP contribution in [0.15, 0.2) is 41.8 Å². The van der Waals surface area contributed by atoms with Gasteiger partial charge < -0.3 is 10.1 Å². The van der Waals surface area contributed by atoms with Crippen molar-refractivity contribution in [1.29, 1.82) is 0 Å². The molecule has 1 atom stereocenters. The average molecular weight is 373 g/mol. The molecule has 0 unspecified atom stereocenters. The van der Waals surface area contributed by atoms with E-state index in [9.17, 15) is 14.4 Å². The van der Waals surface area contributed by atoms with Crippen LogP contribution in [0.5, 0.6) is 0 Å². The zero-order valence-corrected chi connectivity index (χ0v) is 15.8. The van der Waals surface area contributed by atoms with E-state index in [1.807, 2.05) is 36.6 Å². The largest absolute Gasteiger partial charge is 0.456 e. The normalized spacial score (nSPS) is 11.6. The lowest BCUT2D eigenvalue weighted by Crippen LogP contribution is -2.31. The monoisotopic (exact) mass is 373 g/mol. The van der Waals surface area contributed by atoms with Gasteiger partial charge >= 0.3 is 5.97 Å². The fraction of sp³-hybridized carbons (Fsp3) is 0.350. The molecule has 0 bridgehead atoms. The van der Waals surface area contributed by atoms with Crippen molar-refractivity contribution < 1.29 is 19.1 Å². The Bertz CT molecular complexity index is 738. The van der Waals surface area contributed by atoms with Crippen molar-refractivity contribution in [2.75, 3.05) is 6.61 Å². The van der Waals surface area contributed by atoms with E-state index < -0.39 is 5.97 Å². The Morgan fingerprint density at radius 1 is 1.12 bits per heavy atom. The fourth-order valence-corrected chi connectivity index (χ4v) is 3.10. The van der Waals surface area contributed by atoms with Crippen molar-refractivity contribution >= 4 is 29.0 Å². The van der Waals surface area contributed by atoms with Gasteiger partial charge in [0.25, 0.3) is 5.91 Å². The van der Waals surface area contributed by atoms with Crippen LogP contribution >= 0.6 is 11.3 Å². The molecule has 1 amide bonds. The molecule has 0 saturated carbocycles. The number of nitrogens with one attached hydrogen (secondary N) is 1. The fourth-order valence-electron chi connectivity index (χ4n) is 2.40. The van der Waals surface area contributed by atoms with E-state index in [2.05, 4.69) is 12.2 Å². The number of amides is 1. The Morgan fingerprint density at radius 3 is 2.46 bits per heavy atom. The molecule has 0 fully saturated rings. The van der Waals surface area contributed by atoms with Crippen molar-refractivity contribution in [3.05, 3.63) is 57.8 Å². The van der Waals surface area contributed by atoms with E-state index in [1.54, 1.807) is 12.1 Å². The molecule has 0 aliphatic rings. The number of Topliss-reactive ketones (excluding diaryl/α,β-unsaturated/α-hetero) is 1. The van der Waals surface area contributed by atoms with Gasteiger partial charge in [0.05, 0.1) is 17.3 Å². The lowest BCUT2D eigenvalue weighted by atomic mass is 10.1. The number of ketones is 1. The molecule has 1 N–H and O–H groups in total. The van der Waals surface area contributed by atoms with Crippen molar-refractivity contribution in [1.82, 2.24) is 5.32 Å². The van der Waals surface area contributed by atoms with Crippen LogP contribution in [0.3, 0.4) is 0 Å². The first kappa shape index (κ1) is 19.8. The van der Waals surface area contributed by atoms with Crippen molar-refractivity contribution in [3.8, 4) is 0 Å². The van der Waals surface area contributed by atoms with Gasteiger partial charge in [-0.1, -0.05) is 37.3 Å². The van der Waals surface area contributed by atoms with Crippen LogP contribution in [-0.2, 0) is 20.7 Å². The van der Waals surface area contributed by atoms with E-state index >= 15 is 0 Å². The highest BCUT2D eigenvalue weighted by atomic mass is 32.1. The molecule has 26 heavy (non-hydrogen) atoms. The first-order valence-corrected chi connectivity index (χ1v) is 9.48. The Morgan fingerprint density at radius 2 is 1.85 bits per heavy atom. The first-order chi connectivity index (χ1) is 12.5. The highest BCUT2D eigenvalue weighted by molar-refractivity contribution is 7.12. The second kappa shape index (κ2) is 9.87. The summed E-state index contributed by atoms with van der Waals surface area (Å²) in [5.41, 5.74) is 2.22. The number of hydrogen-bond donors (Lipinski definition) is 1. The van der Waals surface area contributed by atoms with E-state index in [-0.39, 0.29) is 37.2 Å². The third kappa shape index (κ3) is 6.11. The molecular weight excluding hydrogens is 350 g/mol. The third-order valence-corrected chi connectivity index (χ3v) is 4.89. The summed E-state index contributed by atoms with van der Waals surface area (Å²) in [6.45, 7) is 3.62. The summed E-state index contributed by atoms with van der Waals surface area (Å²) in [5.74, 6) is -1.01. The van der Waals surface area contributed by atoms with Gasteiger partial charge in [-0.05, 0) is 35.9 Å². The van der Waals surface area contributed by atoms with Gasteiger partial charge in [-0.25, -0.2) is 0 Å². The van der Waals surface area contributed by atoms with Crippen molar-refractivity contribution in [2.45, 2.75) is 39.2 Å². The van der Waals surface area contributed by atoms with Crippen LogP contribution < -0.4 is 5.32 Å². The van der Waals surface area contributed by atoms with Crippen LogP contribution in [0, 0.1) is 0 Å². The number of benzene rings is 1. The second-order valence-electron chi connectivity index (χ2n) is 5.95. The molecule has 1 heterocycles. The van der Waals surface area contributed by atoms with E-state index in [4.69, 9.17) is 4.74 Å². The summed E-state index contributed by atoms with van der Waals surface area (Å²) in [5, 5.41) is 4.61. The quantitative estimate of drug-likeness (QED) is 0.537. The lowest BCUT2D eigenvalue weighted by Gasteiger charge is -2.15. The molecule has 0 aliphatic carbocycles. The molecule has 0 saturated heterocycles. The Labute approximate surface area is 157 Å². The molecule has 5 nitrogen and oxygen atoms in total. The highest BCUT2D eigenvalue weighted by Gasteiger charge is 2.14. The van der Waals surface area contributed by atoms with Gasteiger partial charge in [-0.15, -0.1) is 11.3 Å². The van der Waals surface area contributed by atoms with Gasteiger partial charge in [0.15, 0.2) is 12.4 Å². The van der Waals surface area contributed by atoms with Gasteiger partial charge in [-0.2, -0.15) is 0 Å². The lowest BCUT2D eigenvalue weighted by molar-refractivity contribution is -0.148. The Hall–Kier alpha value is -2.47. The summed E-state index contributed by atoms with van der Waals surface area (Å²) >= 11 is 1.34. The van der Waals surface area contributed by atoms with Crippen LogP contribution in [0.25, 0.3) is 0 Å². The molecule has 0 radical (unpaired) electrons. The van der Waals surface area contributed by atoms with E-state index in [1.165, 1.54) is 16.9 Å². The van der Waals surface area contributed by atoms with Crippen molar-refractivity contribution in [3.63, 3.8) is 0 Å². The Balaban J connectivity index is 1.70. The molecule has 1 aromatic carbocycles. The smallest absolute Gasteiger partial charge is 0.306 e. The number of carbonyl (C=O) groups is 3. The molecular formula is C20H23NO4S. The topological polar surface area (TPSA) is 72.5 Å². The summed E-state index contributed by atoms with van der Waals surface area (Å²) < 4.78 is 4.95. The molecule has 138 valence electrons. The van der Waals surface area contributed by atoms with Crippen LogP contribution in [0.2, 0.25) is 0 Å². The number of esters is 1. The summed E-state index contributed by atoms with van der Waals surface area (Å²) in [6.07, 6.45) is 1.02. The number of rotatable bonds is 9. The van der Waals surface area contributed by atoms with E-state index in [0.29, 0.717) is 4.88 Å². The maximum absolute atomic E-state index is 11.9.